The van der Waals surface area contributed by atoms with Crippen LogP contribution in [0.5, 0.6) is 0 Å². The van der Waals surface area contributed by atoms with E-state index in [0.29, 0.717) is 15.1 Å². The first-order chi connectivity index (χ1) is 8.29. The summed E-state index contributed by atoms with van der Waals surface area (Å²) in [6.07, 6.45) is 0. The van der Waals surface area contributed by atoms with Crippen LogP contribution in [0.4, 0.5) is 0 Å². The number of hydrogen-bond donors (Lipinski definition) is 0. The van der Waals surface area contributed by atoms with E-state index in [2.05, 4.69) is 25.8 Å². The number of rotatable bonds is 1. The fraction of sp³-hybridized carbons (Fsp3) is 0.308. The normalized spacial score (nSPS) is 11.9. The van der Waals surface area contributed by atoms with Crippen molar-refractivity contribution in [3.63, 3.8) is 0 Å². The molecule has 1 aromatic carbocycles. The molecule has 0 aliphatic carbocycles. The van der Waals surface area contributed by atoms with Crippen LogP contribution in [0.1, 0.15) is 25.8 Å². The molecule has 0 bridgehead atoms. The van der Waals surface area contributed by atoms with Crippen LogP contribution < -0.4 is 0 Å². The van der Waals surface area contributed by atoms with Crippen LogP contribution in [0.25, 0.3) is 11.3 Å². The zero-order valence-corrected chi connectivity index (χ0v) is 13.3. The SMILES string of the molecule is CC(C)(C)c1nc(-c2cc(Cl)c(Cl)cc2Cl)cs1. The zero-order chi connectivity index (χ0) is 13.5. The monoisotopic (exact) mass is 319 g/mol. The summed E-state index contributed by atoms with van der Waals surface area (Å²) in [4.78, 5) is 4.62. The molecule has 2 aromatic rings. The first kappa shape index (κ1) is 14.1. The largest absolute Gasteiger partial charge is 0.241 e. The fourth-order valence-corrected chi connectivity index (χ4v) is 3.01. The van der Waals surface area contributed by atoms with E-state index in [1.165, 1.54) is 0 Å². The van der Waals surface area contributed by atoms with E-state index in [9.17, 15) is 0 Å². The minimum atomic E-state index is 0.0333. The van der Waals surface area contributed by atoms with Gasteiger partial charge in [-0.3, -0.25) is 0 Å². The molecule has 0 saturated heterocycles. The van der Waals surface area contributed by atoms with Gasteiger partial charge in [0.25, 0.3) is 0 Å². The number of thiazole rings is 1. The Labute approximate surface area is 126 Å². The fourth-order valence-electron chi connectivity index (χ4n) is 1.46. The van der Waals surface area contributed by atoms with E-state index < -0.39 is 0 Å². The van der Waals surface area contributed by atoms with Crippen molar-refractivity contribution in [2.24, 2.45) is 0 Å². The standard InChI is InChI=1S/C13H12Cl3NS/c1-13(2,3)12-17-11(6-18-12)7-4-9(15)10(16)5-8(7)14/h4-6H,1-3H3. The first-order valence-corrected chi connectivity index (χ1v) is 7.41. The van der Waals surface area contributed by atoms with E-state index >= 15 is 0 Å². The molecule has 0 unspecified atom stereocenters. The Bertz CT molecular complexity index is 584. The van der Waals surface area contributed by atoms with Crippen LogP contribution in [-0.2, 0) is 5.41 Å². The van der Waals surface area contributed by atoms with Crippen molar-refractivity contribution in [1.29, 1.82) is 0 Å². The third-order valence-electron chi connectivity index (χ3n) is 2.43. The van der Waals surface area contributed by atoms with E-state index in [1.54, 1.807) is 23.5 Å². The third-order valence-corrected chi connectivity index (χ3v) is 4.73. The average molecular weight is 321 g/mol. The van der Waals surface area contributed by atoms with Gasteiger partial charge in [-0.25, -0.2) is 4.98 Å². The lowest BCUT2D eigenvalue weighted by Gasteiger charge is -2.13. The molecule has 0 aliphatic heterocycles. The summed E-state index contributed by atoms with van der Waals surface area (Å²) in [7, 11) is 0. The van der Waals surface area contributed by atoms with Gasteiger partial charge in [-0.15, -0.1) is 11.3 Å². The van der Waals surface area contributed by atoms with Gasteiger partial charge < -0.3 is 0 Å². The van der Waals surface area contributed by atoms with Crippen molar-refractivity contribution >= 4 is 46.1 Å². The van der Waals surface area contributed by atoms with Crippen molar-refractivity contribution in [1.82, 2.24) is 4.98 Å². The van der Waals surface area contributed by atoms with E-state index in [1.807, 2.05) is 5.38 Å². The molecular formula is C13H12Cl3NS. The number of benzene rings is 1. The molecule has 1 aromatic heterocycles. The van der Waals surface area contributed by atoms with Crippen molar-refractivity contribution < 1.29 is 0 Å². The zero-order valence-electron chi connectivity index (χ0n) is 10.2. The van der Waals surface area contributed by atoms with Crippen molar-refractivity contribution in [3.05, 3.63) is 37.6 Å². The second kappa shape index (κ2) is 5.01. The van der Waals surface area contributed by atoms with Crippen LogP contribution in [0.3, 0.4) is 0 Å². The molecule has 0 spiro atoms. The summed E-state index contributed by atoms with van der Waals surface area (Å²) in [6.45, 7) is 6.39. The van der Waals surface area contributed by atoms with Gasteiger partial charge in [0, 0.05) is 16.4 Å². The Morgan fingerprint density at radius 2 is 1.61 bits per heavy atom. The predicted molar refractivity (Wildman–Crippen MR) is 81.3 cm³/mol. The van der Waals surface area contributed by atoms with Crippen LogP contribution in [0.2, 0.25) is 15.1 Å². The Balaban J connectivity index is 2.50. The molecule has 96 valence electrons. The van der Waals surface area contributed by atoms with Crippen LogP contribution >= 0.6 is 46.1 Å². The van der Waals surface area contributed by atoms with Crippen LogP contribution in [0, 0.1) is 0 Å². The molecule has 18 heavy (non-hydrogen) atoms. The van der Waals surface area contributed by atoms with Gasteiger partial charge in [0.15, 0.2) is 0 Å². The van der Waals surface area contributed by atoms with E-state index in [4.69, 9.17) is 34.8 Å². The Morgan fingerprint density at radius 1 is 1.00 bits per heavy atom. The summed E-state index contributed by atoms with van der Waals surface area (Å²) in [5, 5.41) is 4.57. The second-order valence-corrected chi connectivity index (χ2v) is 7.11. The lowest BCUT2D eigenvalue weighted by Crippen LogP contribution is -2.10. The van der Waals surface area contributed by atoms with Gasteiger partial charge in [-0.05, 0) is 12.1 Å². The first-order valence-electron chi connectivity index (χ1n) is 5.40. The highest BCUT2D eigenvalue weighted by molar-refractivity contribution is 7.10. The second-order valence-electron chi connectivity index (χ2n) is 5.03. The minimum Gasteiger partial charge on any atom is -0.241 e. The van der Waals surface area contributed by atoms with Gasteiger partial charge in [0.05, 0.1) is 25.8 Å². The van der Waals surface area contributed by atoms with Gasteiger partial charge in [0.2, 0.25) is 0 Å². The quantitative estimate of drug-likeness (QED) is 0.581. The third kappa shape index (κ3) is 2.83. The lowest BCUT2D eigenvalue weighted by molar-refractivity contribution is 0.586. The number of hydrogen-bond acceptors (Lipinski definition) is 2. The Kier molecular flexibility index (Phi) is 3.93. The van der Waals surface area contributed by atoms with Gasteiger partial charge in [-0.1, -0.05) is 55.6 Å². The predicted octanol–water partition coefficient (Wildman–Crippen LogP) is 6.07. The van der Waals surface area contributed by atoms with Crippen molar-refractivity contribution in [2.75, 3.05) is 0 Å². The Morgan fingerprint density at radius 3 is 2.17 bits per heavy atom. The molecule has 1 nitrogen and oxygen atoms in total. The molecule has 0 amide bonds. The highest BCUT2D eigenvalue weighted by atomic mass is 35.5. The molecule has 0 radical (unpaired) electrons. The van der Waals surface area contributed by atoms with E-state index in [0.717, 1.165) is 16.3 Å². The van der Waals surface area contributed by atoms with Crippen LogP contribution in [0.15, 0.2) is 17.5 Å². The van der Waals surface area contributed by atoms with Crippen molar-refractivity contribution in [3.8, 4) is 11.3 Å². The van der Waals surface area contributed by atoms with Crippen LogP contribution in [-0.4, -0.2) is 4.98 Å². The summed E-state index contributed by atoms with van der Waals surface area (Å²) < 4.78 is 0. The van der Waals surface area contributed by atoms with Crippen molar-refractivity contribution in [2.45, 2.75) is 26.2 Å². The minimum absolute atomic E-state index is 0.0333. The van der Waals surface area contributed by atoms with Gasteiger partial charge >= 0.3 is 0 Å². The Hall–Kier alpha value is -0.280. The molecule has 2 rings (SSSR count). The summed E-state index contributed by atoms with van der Waals surface area (Å²) in [5.74, 6) is 0. The lowest BCUT2D eigenvalue weighted by atomic mass is 9.98. The summed E-state index contributed by atoms with van der Waals surface area (Å²) >= 11 is 19.7. The molecule has 0 N–H and O–H groups in total. The molecular weight excluding hydrogens is 309 g/mol. The summed E-state index contributed by atoms with van der Waals surface area (Å²) in [5.41, 5.74) is 1.69. The maximum absolute atomic E-state index is 6.18. The topological polar surface area (TPSA) is 12.9 Å². The molecule has 0 saturated carbocycles. The summed E-state index contributed by atoms with van der Waals surface area (Å²) in [6, 6.07) is 3.41. The van der Waals surface area contributed by atoms with Gasteiger partial charge in [0.1, 0.15) is 0 Å². The van der Waals surface area contributed by atoms with E-state index in [-0.39, 0.29) is 5.41 Å². The molecule has 0 aliphatic rings. The van der Waals surface area contributed by atoms with Gasteiger partial charge in [-0.2, -0.15) is 0 Å². The smallest absolute Gasteiger partial charge is 0.0986 e. The number of aromatic nitrogens is 1. The molecule has 0 atom stereocenters. The molecule has 5 heteroatoms. The number of nitrogens with zero attached hydrogens (tertiary/aromatic N) is 1. The maximum Gasteiger partial charge on any atom is 0.0986 e. The maximum atomic E-state index is 6.18. The molecule has 0 fully saturated rings. The number of halogens is 3. The highest BCUT2D eigenvalue weighted by Crippen LogP contribution is 2.37. The highest BCUT2D eigenvalue weighted by Gasteiger charge is 2.19. The molecule has 1 heterocycles. The average Bonchev–Trinajstić information content (AvgIpc) is 2.72.